The van der Waals surface area contributed by atoms with Crippen molar-refractivity contribution < 1.29 is 18.3 Å². The molecule has 0 aliphatic carbocycles. The minimum absolute atomic E-state index is 0.113. The van der Waals surface area contributed by atoms with Gasteiger partial charge in [0.25, 0.3) is 0 Å². The van der Waals surface area contributed by atoms with Gasteiger partial charge < -0.3 is 15.4 Å². The topological polar surface area (TPSA) is 93.1 Å². The number of rotatable bonds is 10. The molecule has 0 saturated heterocycles. The molecule has 0 radical (unpaired) electrons. The second-order valence-electron chi connectivity index (χ2n) is 8.20. The molecule has 12 heteroatoms. The number of hydrogen-bond acceptors (Lipinski definition) is 6. The highest BCUT2D eigenvalue weighted by molar-refractivity contribution is 9.10. The zero-order valence-electron chi connectivity index (χ0n) is 19.7. The summed E-state index contributed by atoms with van der Waals surface area (Å²) in [7, 11) is 0. The van der Waals surface area contributed by atoms with Crippen LogP contribution in [0.15, 0.2) is 40.9 Å². The molecule has 4 rings (SSSR count). The van der Waals surface area contributed by atoms with E-state index in [1.165, 1.54) is 12.1 Å². The molecular weight excluding hydrogens is 558 g/mol. The maximum atomic E-state index is 13.1. The number of unbranched alkanes of at least 4 members (excludes halogenated alkanes) is 1. The highest BCUT2D eigenvalue weighted by Crippen LogP contribution is 2.41. The van der Waals surface area contributed by atoms with Crippen molar-refractivity contribution in [2.75, 3.05) is 11.9 Å². The summed E-state index contributed by atoms with van der Waals surface area (Å²) in [6.07, 6.45) is 1.78. The van der Waals surface area contributed by atoms with Crippen molar-refractivity contribution in [1.82, 2.24) is 25.4 Å². The number of hydrogen-bond donors (Lipinski definition) is 3. The largest absolute Gasteiger partial charge is 0.434 e. The first kappa shape index (κ1) is 26.3. The Morgan fingerprint density at radius 1 is 1.28 bits per heavy atom. The molecule has 1 unspecified atom stereocenters. The Hall–Kier alpha value is -2.76. The molecule has 3 N–H and O–H groups in total. The van der Waals surface area contributed by atoms with Gasteiger partial charge in [-0.1, -0.05) is 37.9 Å². The Morgan fingerprint density at radius 3 is 2.81 bits per heavy atom. The minimum Gasteiger partial charge on any atom is -0.434 e. The lowest BCUT2D eigenvalue weighted by molar-refractivity contribution is -0.123. The van der Waals surface area contributed by atoms with Crippen molar-refractivity contribution in [1.29, 1.82) is 0 Å². The van der Waals surface area contributed by atoms with E-state index in [0.717, 1.165) is 28.6 Å². The standard InChI is InChI=1S/C24H26BrClF2N6O2/c1-3-5-11-29-22(35)17(4-2)30-24-31-19-15(7-6-8-16(19)25)21-32-20(33-34(21)24)14-10-9-13(26)12-18(14)36-23(27)28/h6-10,12,17,23-24,30-31H,3-5,11H2,1-2H3,(H,29,35)/t17-,24?/m1/s1. The van der Waals surface area contributed by atoms with E-state index in [1.807, 2.05) is 25.1 Å². The van der Waals surface area contributed by atoms with Gasteiger partial charge in [0.1, 0.15) is 5.75 Å². The maximum Gasteiger partial charge on any atom is 0.387 e. The van der Waals surface area contributed by atoms with Gasteiger partial charge in [-0.05, 0) is 59.1 Å². The summed E-state index contributed by atoms with van der Waals surface area (Å²) in [6.45, 7) is 1.54. The predicted octanol–water partition coefficient (Wildman–Crippen LogP) is 5.80. The molecule has 3 aromatic rings. The molecular formula is C24H26BrClF2N6O2. The molecule has 2 heterocycles. The van der Waals surface area contributed by atoms with Crippen molar-refractivity contribution in [3.8, 4) is 28.5 Å². The summed E-state index contributed by atoms with van der Waals surface area (Å²) < 4.78 is 33.2. The number of anilines is 1. The van der Waals surface area contributed by atoms with E-state index in [4.69, 9.17) is 11.6 Å². The van der Waals surface area contributed by atoms with E-state index in [0.29, 0.717) is 18.8 Å². The maximum absolute atomic E-state index is 13.1. The van der Waals surface area contributed by atoms with Crippen LogP contribution in [0.4, 0.5) is 14.5 Å². The van der Waals surface area contributed by atoms with Crippen LogP contribution >= 0.6 is 27.5 Å². The Bertz CT molecular complexity index is 1240. The van der Waals surface area contributed by atoms with Crippen LogP contribution in [0.2, 0.25) is 5.02 Å². The molecule has 1 aliphatic rings. The van der Waals surface area contributed by atoms with Gasteiger partial charge in [0.15, 0.2) is 17.9 Å². The monoisotopic (exact) mass is 582 g/mol. The average Bonchev–Trinajstić information content (AvgIpc) is 3.28. The van der Waals surface area contributed by atoms with Crippen LogP contribution in [0.5, 0.6) is 5.75 Å². The van der Waals surface area contributed by atoms with E-state index in [2.05, 4.69) is 53.6 Å². The number of ether oxygens (including phenoxy) is 1. The number of nitrogens with one attached hydrogen (secondary N) is 3. The van der Waals surface area contributed by atoms with Gasteiger partial charge in [0.05, 0.1) is 17.3 Å². The molecule has 192 valence electrons. The fourth-order valence-corrected chi connectivity index (χ4v) is 4.57. The number of nitrogens with zero attached hydrogens (tertiary/aromatic N) is 3. The van der Waals surface area contributed by atoms with Crippen LogP contribution in [0.1, 0.15) is 39.4 Å². The third-order valence-electron chi connectivity index (χ3n) is 5.73. The van der Waals surface area contributed by atoms with E-state index < -0.39 is 18.9 Å². The first-order valence-electron chi connectivity index (χ1n) is 11.6. The number of halogens is 4. The minimum atomic E-state index is -3.04. The third kappa shape index (κ3) is 5.63. The number of fused-ring (bicyclic) bond motifs is 3. The lowest BCUT2D eigenvalue weighted by Gasteiger charge is -2.31. The quantitative estimate of drug-likeness (QED) is 0.262. The predicted molar refractivity (Wildman–Crippen MR) is 138 cm³/mol. The number of carbonyl (C=O) groups is 1. The fraction of sp³-hybridized carbons (Fsp3) is 0.375. The fourth-order valence-electron chi connectivity index (χ4n) is 3.92. The molecule has 0 fully saturated rings. The van der Waals surface area contributed by atoms with Crippen molar-refractivity contribution in [2.24, 2.45) is 0 Å². The molecule has 1 amide bonds. The smallest absolute Gasteiger partial charge is 0.387 e. The van der Waals surface area contributed by atoms with E-state index in [1.54, 1.807) is 10.7 Å². The lowest BCUT2D eigenvalue weighted by atomic mass is 10.1. The first-order chi connectivity index (χ1) is 17.3. The zero-order chi connectivity index (χ0) is 25.8. The van der Waals surface area contributed by atoms with Gasteiger partial charge >= 0.3 is 6.61 Å². The lowest BCUT2D eigenvalue weighted by Crippen LogP contribution is -2.49. The van der Waals surface area contributed by atoms with Crippen LogP contribution in [0.25, 0.3) is 22.8 Å². The summed E-state index contributed by atoms with van der Waals surface area (Å²) in [5.41, 5.74) is 1.79. The molecule has 8 nitrogen and oxygen atoms in total. The van der Waals surface area contributed by atoms with E-state index >= 15 is 0 Å². The van der Waals surface area contributed by atoms with Gasteiger partial charge in [-0.25, -0.2) is 9.67 Å². The molecule has 0 saturated carbocycles. The van der Waals surface area contributed by atoms with Crippen LogP contribution in [-0.4, -0.2) is 39.9 Å². The Labute approximate surface area is 220 Å². The zero-order valence-corrected chi connectivity index (χ0v) is 22.0. The van der Waals surface area contributed by atoms with Gasteiger partial charge in [-0.3, -0.25) is 10.1 Å². The van der Waals surface area contributed by atoms with Crippen LogP contribution in [-0.2, 0) is 4.79 Å². The molecule has 36 heavy (non-hydrogen) atoms. The number of alkyl halides is 2. The number of benzene rings is 2. The van der Waals surface area contributed by atoms with Crippen molar-refractivity contribution >= 4 is 39.1 Å². The normalized spacial score (nSPS) is 15.1. The SMILES string of the molecule is CCCCNC(=O)[C@@H](CC)NC1Nc2c(Br)cccc2-c2nc(-c3ccc(Cl)cc3OC(F)F)nn21. The Balaban J connectivity index is 1.74. The van der Waals surface area contributed by atoms with Crippen molar-refractivity contribution in [3.63, 3.8) is 0 Å². The highest BCUT2D eigenvalue weighted by Gasteiger charge is 2.32. The number of amides is 1. The van der Waals surface area contributed by atoms with Crippen molar-refractivity contribution in [2.45, 2.75) is 52.1 Å². The Morgan fingerprint density at radius 2 is 2.08 bits per heavy atom. The highest BCUT2D eigenvalue weighted by atomic mass is 79.9. The van der Waals surface area contributed by atoms with Crippen LogP contribution in [0, 0.1) is 0 Å². The number of carbonyl (C=O) groups excluding carboxylic acids is 1. The Kier molecular flexibility index (Phi) is 8.43. The van der Waals surface area contributed by atoms with Crippen molar-refractivity contribution in [3.05, 3.63) is 45.9 Å². The van der Waals surface area contributed by atoms with Crippen LogP contribution < -0.4 is 20.7 Å². The second-order valence-corrected chi connectivity index (χ2v) is 9.49. The summed E-state index contributed by atoms with van der Waals surface area (Å²) in [4.78, 5) is 17.5. The second kappa shape index (κ2) is 11.5. The van der Waals surface area contributed by atoms with E-state index in [9.17, 15) is 13.6 Å². The average molecular weight is 584 g/mol. The first-order valence-corrected chi connectivity index (χ1v) is 12.8. The van der Waals surface area contributed by atoms with Crippen LogP contribution in [0.3, 0.4) is 0 Å². The molecule has 1 aromatic heterocycles. The number of aromatic nitrogens is 3. The molecule has 2 atom stereocenters. The summed E-state index contributed by atoms with van der Waals surface area (Å²) in [5.74, 6) is 0.433. The van der Waals surface area contributed by atoms with E-state index in [-0.39, 0.29) is 28.1 Å². The summed E-state index contributed by atoms with van der Waals surface area (Å²) in [5, 5.41) is 14.5. The summed E-state index contributed by atoms with van der Waals surface area (Å²) >= 11 is 9.58. The van der Waals surface area contributed by atoms with Gasteiger partial charge in [-0.15, -0.1) is 5.10 Å². The molecule has 1 aliphatic heterocycles. The molecule has 2 aromatic carbocycles. The molecule has 0 bridgehead atoms. The third-order valence-corrected chi connectivity index (χ3v) is 6.62. The number of para-hydroxylation sites is 1. The van der Waals surface area contributed by atoms with Gasteiger partial charge in [0, 0.05) is 21.6 Å². The molecule has 0 spiro atoms. The van der Waals surface area contributed by atoms with Gasteiger partial charge in [-0.2, -0.15) is 8.78 Å². The summed E-state index contributed by atoms with van der Waals surface area (Å²) in [6, 6.07) is 9.52. The van der Waals surface area contributed by atoms with Gasteiger partial charge in [0.2, 0.25) is 5.91 Å².